The number of hydrogen-bond donors (Lipinski definition) is 1. The summed E-state index contributed by atoms with van der Waals surface area (Å²) in [6.45, 7) is 2.95. The van der Waals surface area contributed by atoms with Crippen molar-refractivity contribution in [1.82, 2.24) is 5.32 Å². The van der Waals surface area contributed by atoms with Gasteiger partial charge in [0.25, 0.3) is 0 Å². The number of rotatable bonds is 4. The van der Waals surface area contributed by atoms with Gasteiger partial charge in [-0.1, -0.05) is 12.1 Å². The van der Waals surface area contributed by atoms with Crippen molar-refractivity contribution in [3.63, 3.8) is 0 Å². The van der Waals surface area contributed by atoms with Gasteiger partial charge in [-0.3, -0.25) is 0 Å². The summed E-state index contributed by atoms with van der Waals surface area (Å²) >= 11 is 0. The Kier molecular flexibility index (Phi) is 4.17. The molecule has 0 saturated carbocycles. The fourth-order valence-corrected chi connectivity index (χ4v) is 2.21. The summed E-state index contributed by atoms with van der Waals surface area (Å²) in [4.78, 5) is 2.07. The quantitative estimate of drug-likeness (QED) is 0.901. The van der Waals surface area contributed by atoms with E-state index in [4.69, 9.17) is 0 Å². The molecule has 0 aliphatic heterocycles. The van der Waals surface area contributed by atoms with Crippen LogP contribution >= 0.6 is 0 Å². The first-order valence-corrected chi connectivity index (χ1v) is 6.35. The zero-order chi connectivity index (χ0) is 13.8. The summed E-state index contributed by atoms with van der Waals surface area (Å²) in [5.74, 6) is -0.210. The highest BCUT2D eigenvalue weighted by molar-refractivity contribution is 5.65. The van der Waals surface area contributed by atoms with Crippen molar-refractivity contribution in [1.29, 1.82) is 0 Å². The van der Waals surface area contributed by atoms with Crippen molar-refractivity contribution >= 4 is 11.4 Å². The Bertz CT molecular complexity index is 549. The van der Waals surface area contributed by atoms with Gasteiger partial charge >= 0.3 is 0 Å². The molecular weight excluding hydrogens is 239 g/mol. The highest BCUT2D eigenvalue weighted by Gasteiger charge is 2.07. The minimum Gasteiger partial charge on any atom is -0.344 e. The molecule has 0 saturated heterocycles. The van der Waals surface area contributed by atoms with E-state index in [9.17, 15) is 4.39 Å². The Hall–Kier alpha value is -1.87. The predicted octanol–water partition coefficient (Wildman–Crippen LogP) is 3.62. The molecule has 0 aliphatic carbocycles. The molecule has 2 aromatic rings. The van der Waals surface area contributed by atoms with Gasteiger partial charge in [0.15, 0.2) is 0 Å². The SMILES string of the molecule is CNCc1ccc(N(C)c2ccc(F)cc2)c(C)c1. The second-order valence-corrected chi connectivity index (χ2v) is 4.69. The first-order valence-electron chi connectivity index (χ1n) is 6.35. The Morgan fingerprint density at radius 2 is 1.79 bits per heavy atom. The van der Waals surface area contributed by atoms with E-state index in [0.29, 0.717) is 0 Å². The highest BCUT2D eigenvalue weighted by Crippen LogP contribution is 2.27. The lowest BCUT2D eigenvalue weighted by Crippen LogP contribution is -2.12. The van der Waals surface area contributed by atoms with Crippen molar-refractivity contribution in [3.05, 3.63) is 59.4 Å². The second kappa shape index (κ2) is 5.85. The normalized spacial score (nSPS) is 10.5. The molecule has 1 N–H and O–H groups in total. The number of nitrogens with zero attached hydrogens (tertiary/aromatic N) is 1. The average molecular weight is 258 g/mol. The first-order chi connectivity index (χ1) is 9.11. The van der Waals surface area contributed by atoms with Crippen molar-refractivity contribution in [2.45, 2.75) is 13.5 Å². The van der Waals surface area contributed by atoms with E-state index in [-0.39, 0.29) is 5.82 Å². The van der Waals surface area contributed by atoms with E-state index in [1.807, 2.05) is 14.1 Å². The number of hydrogen-bond acceptors (Lipinski definition) is 2. The van der Waals surface area contributed by atoms with Crippen molar-refractivity contribution < 1.29 is 4.39 Å². The van der Waals surface area contributed by atoms with Crippen molar-refractivity contribution in [3.8, 4) is 0 Å². The lowest BCUT2D eigenvalue weighted by Gasteiger charge is -2.22. The molecule has 0 radical (unpaired) electrons. The molecule has 0 unspecified atom stereocenters. The Morgan fingerprint density at radius 1 is 1.11 bits per heavy atom. The van der Waals surface area contributed by atoms with Gasteiger partial charge in [-0.25, -0.2) is 4.39 Å². The van der Waals surface area contributed by atoms with Gasteiger partial charge in [0.05, 0.1) is 0 Å². The van der Waals surface area contributed by atoms with Crippen LogP contribution in [0.1, 0.15) is 11.1 Å². The lowest BCUT2D eigenvalue weighted by molar-refractivity contribution is 0.628. The third-order valence-corrected chi connectivity index (χ3v) is 3.22. The van der Waals surface area contributed by atoms with Gasteiger partial charge in [-0.05, 0) is 55.4 Å². The molecule has 0 fully saturated rings. The monoisotopic (exact) mass is 258 g/mol. The van der Waals surface area contributed by atoms with Crippen LogP contribution in [0.2, 0.25) is 0 Å². The van der Waals surface area contributed by atoms with E-state index >= 15 is 0 Å². The number of benzene rings is 2. The Balaban J connectivity index is 2.28. The van der Waals surface area contributed by atoms with E-state index in [1.54, 1.807) is 12.1 Å². The van der Waals surface area contributed by atoms with Crippen LogP contribution in [0.25, 0.3) is 0 Å². The van der Waals surface area contributed by atoms with Crippen LogP contribution < -0.4 is 10.2 Å². The summed E-state index contributed by atoms with van der Waals surface area (Å²) in [6.07, 6.45) is 0. The van der Waals surface area contributed by atoms with Crippen molar-refractivity contribution in [2.75, 3.05) is 19.0 Å². The molecule has 0 heterocycles. The van der Waals surface area contributed by atoms with Gasteiger partial charge in [-0.15, -0.1) is 0 Å². The maximum atomic E-state index is 12.9. The minimum atomic E-state index is -0.210. The largest absolute Gasteiger partial charge is 0.344 e. The minimum absolute atomic E-state index is 0.210. The second-order valence-electron chi connectivity index (χ2n) is 4.69. The number of aryl methyl sites for hydroxylation is 1. The maximum Gasteiger partial charge on any atom is 0.123 e. The highest BCUT2D eigenvalue weighted by atomic mass is 19.1. The lowest BCUT2D eigenvalue weighted by atomic mass is 10.1. The topological polar surface area (TPSA) is 15.3 Å². The Morgan fingerprint density at radius 3 is 2.37 bits per heavy atom. The number of nitrogens with one attached hydrogen (secondary N) is 1. The van der Waals surface area contributed by atoms with Crippen LogP contribution in [0, 0.1) is 12.7 Å². The van der Waals surface area contributed by atoms with Crippen LogP contribution in [-0.4, -0.2) is 14.1 Å². The van der Waals surface area contributed by atoms with Gasteiger partial charge < -0.3 is 10.2 Å². The van der Waals surface area contributed by atoms with Crippen LogP contribution in [0.5, 0.6) is 0 Å². The van der Waals surface area contributed by atoms with Crippen LogP contribution in [0.3, 0.4) is 0 Å². The fraction of sp³-hybridized carbons (Fsp3) is 0.250. The maximum absolute atomic E-state index is 12.9. The number of halogens is 1. The van der Waals surface area contributed by atoms with Gasteiger partial charge in [0.2, 0.25) is 0 Å². The predicted molar refractivity (Wildman–Crippen MR) is 78.4 cm³/mol. The molecule has 0 atom stereocenters. The molecule has 0 spiro atoms. The summed E-state index contributed by atoms with van der Waals surface area (Å²) < 4.78 is 12.9. The van der Waals surface area contributed by atoms with Gasteiger partial charge in [-0.2, -0.15) is 0 Å². The van der Waals surface area contributed by atoms with E-state index in [0.717, 1.165) is 17.9 Å². The standard InChI is InChI=1S/C16H19FN2/c1-12-10-13(11-18-2)4-9-16(12)19(3)15-7-5-14(17)6-8-15/h4-10,18H,11H2,1-3H3. The summed E-state index contributed by atoms with van der Waals surface area (Å²) in [6, 6.07) is 12.9. The molecule has 2 rings (SSSR count). The van der Waals surface area contributed by atoms with Gasteiger partial charge in [0, 0.05) is 25.0 Å². The molecule has 3 heteroatoms. The molecule has 0 aliphatic rings. The van der Waals surface area contributed by atoms with E-state index in [2.05, 4.69) is 35.3 Å². The first kappa shape index (κ1) is 13.6. The smallest absolute Gasteiger partial charge is 0.123 e. The molecule has 19 heavy (non-hydrogen) atoms. The van der Waals surface area contributed by atoms with Crippen LogP contribution in [-0.2, 0) is 6.54 Å². The fourth-order valence-electron chi connectivity index (χ4n) is 2.21. The molecule has 2 nitrogen and oxygen atoms in total. The molecular formula is C16H19FN2. The van der Waals surface area contributed by atoms with Gasteiger partial charge in [0.1, 0.15) is 5.82 Å². The average Bonchev–Trinajstić information content (AvgIpc) is 2.39. The third kappa shape index (κ3) is 3.12. The number of anilines is 2. The van der Waals surface area contributed by atoms with Crippen LogP contribution in [0.15, 0.2) is 42.5 Å². The Labute approximate surface area is 113 Å². The zero-order valence-electron chi connectivity index (χ0n) is 11.6. The summed E-state index contributed by atoms with van der Waals surface area (Å²) in [7, 11) is 3.93. The molecule has 0 amide bonds. The van der Waals surface area contributed by atoms with Crippen molar-refractivity contribution in [2.24, 2.45) is 0 Å². The van der Waals surface area contributed by atoms with Crippen LogP contribution in [0.4, 0.5) is 15.8 Å². The molecule has 2 aromatic carbocycles. The summed E-state index contributed by atoms with van der Waals surface area (Å²) in [5.41, 5.74) is 4.58. The molecule has 0 bridgehead atoms. The zero-order valence-corrected chi connectivity index (χ0v) is 11.6. The molecule has 100 valence electrons. The summed E-state index contributed by atoms with van der Waals surface area (Å²) in [5, 5.41) is 3.14. The van der Waals surface area contributed by atoms with E-state index < -0.39 is 0 Å². The third-order valence-electron chi connectivity index (χ3n) is 3.22. The van der Waals surface area contributed by atoms with E-state index in [1.165, 1.54) is 23.3 Å². The molecule has 0 aromatic heterocycles.